The normalized spacial score (nSPS) is 10.7. The van der Waals surface area contributed by atoms with E-state index >= 15 is 0 Å². The Balaban J connectivity index is 2.78. The van der Waals surface area contributed by atoms with Crippen molar-refractivity contribution >= 4 is 0 Å². The quantitative estimate of drug-likeness (QED) is 0.275. The van der Waals surface area contributed by atoms with E-state index in [9.17, 15) is 0 Å². The van der Waals surface area contributed by atoms with Gasteiger partial charge in [0.2, 0.25) is 0 Å². The van der Waals surface area contributed by atoms with Crippen LogP contribution >= 0.6 is 0 Å². The molecule has 6 nitrogen and oxygen atoms in total. The van der Waals surface area contributed by atoms with Crippen LogP contribution in [0.15, 0.2) is 0 Å². The highest BCUT2D eigenvalue weighted by Crippen LogP contribution is 1.83. The van der Waals surface area contributed by atoms with Crippen LogP contribution < -0.4 is 0 Å². The van der Waals surface area contributed by atoms with Gasteiger partial charge in [-0.05, 0) is 0 Å². The highest BCUT2D eigenvalue weighted by molar-refractivity contribution is 4.21. The molecule has 0 fully saturated rings. The van der Waals surface area contributed by atoms with Gasteiger partial charge in [0.25, 0.3) is 0 Å². The molecule has 6 heteroatoms. The van der Waals surface area contributed by atoms with Crippen molar-refractivity contribution in [1.29, 1.82) is 0 Å². The fourth-order valence-electron chi connectivity index (χ4n) is 0.538. The second-order valence-corrected chi connectivity index (χ2v) is 2.27. The summed E-state index contributed by atoms with van der Waals surface area (Å²) in [6.07, 6.45) is 0. The number of rotatable bonds is 11. The second-order valence-electron chi connectivity index (χ2n) is 2.27. The van der Waals surface area contributed by atoms with Gasteiger partial charge in [0.1, 0.15) is 26.4 Å². The zero-order chi connectivity index (χ0) is 10.5. The van der Waals surface area contributed by atoms with Gasteiger partial charge in [-0.3, -0.25) is 0 Å². The molecule has 0 spiro atoms. The molecule has 0 saturated heterocycles. The maximum atomic E-state index is 4.74. The third-order valence-electron chi connectivity index (χ3n) is 1.16. The van der Waals surface area contributed by atoms with E-state index in [0.717, 1.165) is 0 Å². The van der Waals surface area contributed by atoms with Crippen molar-refractivity contribution in [2.45, 2.75) is 0 Å². The number of hydrogen-bond acceptors (Lipinski definition) is 6. The SMILES string of the molecule is COCCOOCCOOCCOC. The first-order valence-electron chi connectivity index (χ1n) is 4.38. The summed E-state index contributed by atoms with van der Waals surface area (Å²) in [6, 6.07) is 0. The summed E-state index contributed by atoms with van der Waals surface area (Å²) < 4.78 is 9.48. The molecule has 0 unspecified atom stereocenters. The molecule has 0 saturated carbocycles. The summed E-state index contributed by atoms with van der Waals surface area (Å²) in [5.41, 5.74) is 0. The minimum absolute atomic E-state index is 0.316. The van der Waals surface area contributed by atoms with Crippen molar-refractivity contribution in [2.24, 2.45) is 0 Å². The molecule has 0 bridgehead atoms. The van der Waals surface area contributed by atoms with Gasteiger partial charge in [0.15, 0.2) is 0 Å². The fraction of sp³-hybridized carbons (Fsp3) is 1.00. The zero-order valence-corrected chi connectivity index (χ0v) is 8.69. The Morgan fingerprint density at radius 2 is 0.786 bits per heavy atom. The lowest BCUT2D eigenvalue weighted by Gasteiger charge is -2.04. The summed E-state index contributed by atoms with van der Waals surface area (Å²) in [6.45, 7) is 2.45. The molecule has 0 aromatic rings. The topological polar surface area (TPSA) is 55.4 Å². The average molecular weight is 210 g/mol. The first-order chi connectivity index (χ1) is 6.91. The van der Waals surface area contributed by atoms with Crippen molar-refractivity contribution in [3.05, 3.63) is 0 Å². The van der Waals surface area contributed by atoms with Crippen LogP contribution in [0.4, 0.5) is 0 Å². The largest absolute Gasteiger partial charge is 0.382 e. The first-order valence-corrected chi connectivity index (χ1v) is 4.38. The molecular weight excluding hydrogens is 192 g/mol. The Morgan fingerprint density at radius 1 is 0.500 bits per heavy atom. The molecule has 0 radical (unpaired) electrons. The third-order valence-corrected chi connectivity index (χ3v) is 1.16. The van der Waals surface area contributed by atoms with Gasteiger partial charge in [0, 0.05) is 14.2 Å². The summed E-state index contributed by atoms with van der Waals surface area (Å²) in [5, 5.41) is 0. The van der Waals surface area contributed by atoms with Crippen molar-refractivity contribution in [1.82, 2.24) is 0 Å². The number of hydrogen-bond donors (Lipinski definition) is 0. The van der Waals surface area contributed by atoms with E-state index in [-0.39, 0.29) is 0 Å². The van der Waals surface area contributed by atoms with Crippen LogP contribution in [-0.2, 0) is 29.0 Å². The molecule has 0 atom stereocenters. The minimum atomic E-state index is 0.316. The minimum Gasteiger partial charge on any atom is -0.382 e. The van der Waals surface area contributed by atoms with Crippen molar-refractivity contribution in [3.8, 4) is 0 Å². The highest BCUT2D eigenvalue weighted by Gasteiger charge is 1.91. The van der Waals surface area contributed by atoms with Crippen LogP contribution in [0.2, 0.25) is 0 Å². The molecule has 0 aromatic heterocycles. The molecule has 0 amide bonds. The van der Waals surface area contributed by atoms with Crippen LogP contribution in [0.25, 0.3) is 0 Å². The van der Waals surface area contributed by atoms with Crippen LogP contribution in [0.5, 0.6) is 0 Å². The van der Waals surface area contributed by atoms with Gasteiger partial charge in [-0.15, -0.1) is 0 Å². The van der Waals surface area contributed by atoms with E-state index in [2.05, 4.69) is 0 Å². The summed E-state index contributed by atoms with van der Waals surface area (Å²) >= 11 is 0. The molecule has 86 valence electrons. The van der Waals surface area contributed by atoms with Crippen molar-refractivity contribution in [3.63, 3.8) is 0 Å². The van der Waals surface area contributed by atoms with E-state index < -0.39 is 0 Å². The van der Waals surface area contributed by atoms with E-state index in [1.807, 2.05) is 0 Å². The fourth-order valence-corrected chi connectivity index (χ4v) is 0.538. The van der Waals surface area contributed by atoms with Crippen LogP contribution in [-0.4, -0.2) is 53.9 Å². The molecule has 0 aromatic carbocycles. The predicted octanol–water partition coefficient (Wildman–Crippen LogP) is 0.176. The van der Waals surface area contributed by atoms with E-state index in [0.29, 0.717) is 39.6 Å². The monoisotopic (exact) mass is 210 g/mol. The Hall–Kier alpha value is -0.240. The van der Waals surface area contributed by atoms with E-state index in [1.165, 1.54) is 0 Å². The lowest BCUT2D eigenvalue weighted by Crippen LogP contribution is -2.10. The first kappa shape index (κ1) is 13.8. The number of ether oxygens (including phenoxy) is 2. The van der Waals surface area contributed by atoms with Gasteiger partial charge in [-0.2, -0.15) is 0 Å². The summed E-state index contributed by atoms with van der Waals surface area (Å²) in [4.78, 5) is 18.9. The molecule has 14 heavy (non-hydrogen) atoms. The molecule has 0 heterocycles. The maximum Gasteiger partial charge on any atom is 0.109 e. The van der Waals surface area contributed by atoms with E-state index in [1.54, 1.807) is 14.2 Å². The predicted molar refractivity (Wildman–Crippen MR) is 47.6 cm³/mol. The molecular formula is C8H18O6. The molecule has 0 aliphatic heterocycles. The highest BCUT2D eigenvalue weighted by atomic mass is 17.2. The van der Waals surface area contributed by atoms with Gasteiger partial charge in [-0.25, -0.2) is 19.6 Å². The van der Waals surface area contributed by atoms with Gasteiger partial charge in [0.05, 0.1) is 13.2 Å². The lowest BCUT2D eigenvalue weighted by molar-refractivity contribution is -0.343. The second kappa shape index (κ2) is 12.8. The molecule has 0 aliphatic rings. The summed E-state index contributed by atoms with van der Waals surface area (Å²) in [5.74, 6) is 0. The van der Waals surface area contributed by atoms with Gasteiger partial charge in [-0.1, -0.05) is 0 Å². The van der Waals surface area contributed by atoms with Crippen molar-refractivity contribution in [2.75, 3.05) is 53.9 Å². The Morgan fingerprint density at radius 3 is 1.07 bits per heavy atom. The number of methoxy groups -OCH3 is 2. The van der Waals surface area contributed by atoms with E-state index in [4.69, 9.17) is 29.0 Å². The molecule has 0 N–H and O–H groups in total. The third kappa shape index (κ3) is 11.8. The van der Waals surface area contributed by atoms with Crippen LogP contribution in [0, 0.1) is 0 Å². The van der Waals surface area contributed by atoms with Gasteiger partial charge >= 0.3 is 0 Å². The standard InChI is InChI=1S/C8H18O6/c1-9-3-5-11-13-7-8-14-12-6-4-10-2/h3-8H2,1-2H3. The van der Waals surface area contributed by atoms with Crippen molar-refractivity contribution < 1.29 is 29.0 Å². The molecule has 0 rings (SSSR count). The average Bonchev–Trinajstić information content (AvgIpc) is 2.21. The Bertz CT molecular complexity index is 87.8. The van der Waals surface area contributed by atoms with Crippen LogP contribution in [0.1, 0.15) is 0 Å². The maximum absolute atomic E-state index is 4.74. The molecule has 0 aliphatic carbocycles. The zero-order valence-electron chi connectivity index (χ0n) is 8.69. The Labute approximate surface area is 83.8 Å². The van der Waals surface area contributed by atoms with Crippen LogP contribution in [0.3, 0.4) is 0 Å². The summed E-state index contributed by atoms with van der Waals surface area (Å²) in [7, 11) is 3.19. The smallest absolute Gasteiger partial charge is 0.109 e. The Kier molecular flexibility index (Phi) is 12.5. The van der Waals surface area contributed by atoms with Gasteiger partial charge < -0.3 is 9.47 Å². The lowest BCUT2D eigenvalue weighted by atomic mass is 10.8.